The highest BCUT2D eigenvalue weighted by Crippen LogP contribution is 2.61. The van der Waals surface area contributed by atoms with E-state index in [1.165, 1.54) is 30.4 Å². The molecule has 0 aromatic heterocycles. The van der Waals surface area contributed by atoms with Crippen molar-refractivity contribution in [1.82, 2.24) is 16.0 Å². The Labute approximate surface area is 142 Å². The third-order valence-corrected chi connectivity index (χ3v) is 5.83. The largest absolute Gasteiger partial charge is 0.354 e. The summed E-state index contributed by atoms with van der Waals surface area (Å²) in [7, 11) is 0. The SMILES string of the molecule is O=C(CNC(=O)NCC1CC12CCc1ccccc12)NCC1CC1. The molecule has 2 fully saturated rings. The van der Waals surface area contributed by atoms with Gasteiger partial charge in [0.15, 0.2) is 0 Å². The predicted molar refractivity (Wildman–Crippen MR) is 91.7 cm³/mol. The Bertz CT molecular complexity index is 656. The average Bonchev–Trinajstić information content (AvgIpc) is 3.49. The van der Waals surface area contributed by atoms with Gasteiger partial charge in [0.1, 0.15) is 0 Å². The molecule has 128 valence electrons. The molecule has 5 nitrogen and oxygen atoms in total. The zero-order chi connectivity index (χ0) is 16.6. The van der Waals surface area contributed by atoms with Gasteiger partial charge >= 0.3 is 6.03 Å². The van der Waals surface area contributed by atoms with E-state index < -0.39 is 0 Å². The molecule has 0 aliphatic heterocycles. The van der Waals surface area contributed by atoms with Crippen LogP contribution in [0.1, 0.15) is 36.8 Å². The van der Waals surface area contributed by atoms with Crippen molar-refractivity contribution in [3.8, 4) is 0 Å². The first-order valence-corrected chi connectivity index (χ1v) is 9.04. The van der Waals surface area contributed by atoms with Gasteiger partial charge in [-0.05, 0) is 55.1 Å². The lowest BCUT2D eigenvalue weighted by atomic mass is 9.95. The van der Waals surface area contributed by atoms with Gasteiger partial charge in [-0.25, -0.2) is 4.79 Å². The number of urea groups is 1. The maximum atomic E-state index is 11.9. The Morgan fingerprint density at radius 2 is 1.92 bits per heavy atom. The van der Waals surface area contributed by atoms with E-state index in [2.05, 4.69) is 40.2 Å². The second-order valence-corrected chi connectivity index (χ2v) is 7.53. The fourth-order valence-corrected chi connectivity index (χ4v) is 4.08. The molecule has 1 spiro atoms. The van der Waals surface area contributed by atoms with Crippen LogP contribution in [0.4, 0.5) is 4.79 Å². The number of amides is 3. The molecule has 0 heterocycles. The molecular formula is C19H25N3O2. The summed E-state index contributed by atoms with van der Waals surface area (Å²) in [6, 6.07) is 8.44. The van der Waals surface area contributed by atoms with E-state index in [1.54, 1.807) is 0 Å². The fourth-order valence-electron chi connectivity index (χ4n) is 4.08. The Morgan fingerprint density at radius 1 is 1.08 bits per heavy atom. The fraction of sp³-hybridized carbons (Fsp3) is 0.579. The number of nitrogens with one attached hydrogen (secondary N) is 3. The molecule has 0 radical (unpaired) electrons. The summed E-state index contributed by atoms with van der Waals surface area (Å²) in [5.41, 5.74) is 3.25. The highest BCUT2D eigenvalue weighted by Gasteiger charge is 2.57. The van der Waals surface area contributed by atoms with Gasteiger partial charge in [-0.1, -0.05) is 24.3 Å². The molecule has 4 rings (SSSR count). The predicted octanol–water partition coefficient (Wildman–Crippen LogP) is 1.72. The number of rotatable bonds is 6. The molecule has 24 heavy (non-hydrogen) atoms. The smallest absolute Gasteiger partial charge is 0.315 e. The first kappa shape index (κ1) is 15.5. The van der Waals surface area contributed by atoms with Gasteiger partial charge in [0, 0.05) is 18.5 Å². The summed E-state index contributed by atoms with van der Waals surface area (Å²) in [4.78, 5) is 23.5. The normalized spacial score (nSPS) is 26.8. The van der Waals surface area contributed by atoms with Crippen molar-refractivity contribution >= 4 is 11.9 Å². The molecule has 1 aromatic carbocycles. The van der Waals surface area contributed by atoms with Crippen LogP contribution in [0, 0.1) is 11.8 Å². The minimum Gasteiger partial charge on any atom is -0.354 e. The van der Waals surface area contributed by atoms with Crippen LogP contribution in [0.25, 0.3) is 0 Å². The molecule has 3 amide bonds. The Morgan fingerprint density at radius 3 is 2.75 bits per heavy atom. The Balaban J connectivity index is 1.18. The molecule has 0 bridgehead atoms. The summed E-state index contributed by atoms with van der Waals surface area (Å²) < 4.78 is 0. The first-order chi connectivity index (χ1) is 11.7. The van der Waals surface area contributed by atoms with E-state index >= 15 is 0 Å². The van der Waals surface area contributed by atoms with Crippen molar-refractivity contribution < 1.29 is 9.59 Å². The number of hydrogen-bond acceptors (Lipinski definition) is 2. The van der Waals surface area contributed by atoms with Crippen LogP contribution in [-0.2, 0) is 16.6 Å². The van der Waals surface area contributed by atoms with E-state index in [0.717, 1.165) is 19.4 Å². The van der Waals surface area contributed by atoms with Crippen LogP contribution in [0.15, 0.2) is 24.3 Å². The summed E-state index contributed by atoms with van der Waals surface area (Å²) in [5, 5.41) is 8.42. The summed E-state index contributed by atoms with van der Waals surface area (Å²) in [6.45, 7) is 1.48. The van der Waals surface area contributed by atoms with Crippen molar-refractivity contribution in [3.05, 3.63) is 35.4 Å². The molecule has 2 unspecified atom stereocenters. The quantitative estimate of drug-likeness (QED) is 0.744. The summed E-state index contributed by atoms with van der Waals surface area (Å²) in [5.74, 6) is 1.07. The van der Waals surface area contributed by atoms with Crippen LogP contribution >= 0.6 is 0 Å². The average molecular weight is 327 g/mol. The van der Waals surface area contributed by atoms with Gasteiger partial charge in [0.25, 0.3) is 0 Å². The Hall–Kier alpha value is -2.04. The summed E-state index contributed by atoms with van der Waals surface area (Å²) in [6.07, 6.45) is 5.93. The molecule has 5 heteroatoms. The molecule has 0 saturated heterocycles. The lowest BCUT2D eigenvalue weighted by Gasteiger charge is -2.12. The third-order valence-electron chi connectivity index (χ3n) is 5.83. The molecule has 3 aliphatic rings. The van der Waals surface area contributed by atoms with Gasteiger partial charge in [-0.3, -0.25) is 4.79 Å². The van der Waals surface area contributed by atoms with E-state index in [0.29, 0.717) is 23.8 Å². The van der Waals surface area contributed by atoms with Crippen molar-refractivity contribution in [2.75, 3.05) is 19.6 Å². The Kier molecular flexibility index (Phi) is 3.94. The lowest BCUT2D eigenvalue weighted by Crippen LogP contribution is -2.43. The standard InChI is InChI=1S/C19H25N3O2/c23-17(20-10-13-5-6-13)12-22-18(24)21-11-15-9-19(15)8-7-14-3-1-2-4-16(14)19/h1-4,13,15H,5-12H2,(H,20,23)(H2,21,22,24). The zero-order valence-corrected chi connectivity index (χ0v) is 13.9. The van der Waals surface area contributed by atoms with Crippen LogP contribution in [-0.4, -0.2) is 31.6 Å². The first-order valence-electron chi connectivity index (χ1n) is 9.04. The number of carbonyl (C=O) groups excluding carboxylic acids is 2. The third kappa shape index (κ3) is 3.12. The van der Waals surface area contributed by atoms with Gasteiger partial charge in [0.2, 0.25) is 5.91 Å². The van der Waals surface area contributed by atoms with E-state index in [-0.39, 0.29) is 18.5 Å². The topological polar surface area (TPSA) is 70.2 Å². The van der Waals surface area contributed by atoms with Gasteiger partial charge in [-0.15, -0.1) is 0 Å². The maximum Gasteiger partial charge on any atom is 0.315 e. The number of hydrogen-bond donors (Lipinski definition) is 3. The van der Waals surface area contributed by atoms with E-state index in [1.807, 2.05) is 0 Å². The van der Waals surface area contributed by atoms with E-state index in [9.17, 15) is 9.59 Å². The second-order valence-electron chi connectivity index (χ2n) is 7.53. The van der Waals surface area contributed by atoms with Gasteiger partial charge in [0.05, 0.1) is 6.54 Å². The van der Waals surface area contributed by atoms with Crippen molar-refractivity contribution in [2.24, 2.45) is 11.8 Å². The summed E-state index contributed by atoms with van der Waals surface area (Å²) >= 11 is 0. The molecule has 1 aromatic rings. The highest BCUT2D eigenvalue weighted by molar-refractivity contribution is 5.83. The maximum absolute atomic E-state index is 11.9. The zero-order valence-electron chi connectivity index (χ0n) is 13.9. The van der Waals surface area contributed by atoms with Crippen molar-refractivity contribution in [3.63, 3.8) is 0 Å². The van der Waals surface area contributed by atoms with Crippen molar-refractivity contribution in [2.45, 2.75) is 37.5 Å². The van der Waals surface area contributed by atoms with Crippen LogP contribution in [0.3, 0.4) is 0 Å². The van der Waals surface area contributed by atoms with Crippen LogP contribution < -0.4 is 16.0 Å². The molecular weight excluding hydrogens is 302 g/mol. The molecule has 3 N–H and O–H groups in total. The minimum atomic E-state index is -0.245. The van der Waals surface area contributed by atoms with E-state index in [4.69, 9.17) is 0 Å². The van der Waals surface area contributed by atoms with Gasteiger partial charge in [-0.2, -0.15) is 0 Å². The number of aryl methyl sites for hydroxylation is 1. The lowest BCUT2D eigenvalue weighted by molar-refractivity contribution is -0.120. The van der Waals surface area contributed by atoms with Crippen LogP contribution in [0.2, 0.25) is 0 Å². The monoisotopic (exact) mass is 327 g/mol. The highest BCUT2D eigenvalue weighted by atomic mass is 16.2. The van der Waals surface area contributed by atoms with Crippen molar-refractivity contribution in [1.29, 1.82) is 0 Å². The molecule has 2 atom stereocenters. The molecule has 3 aliphatic carbocycles. The number of carbonyl (C=O) groups is 2. The molecule has 2 saturated carbocycles. The number of benzene rings is 1. The minimum absolute atomic E-state index is 0.0528. The second kappa shape index (κ2) is 6.11. The van der Waals surface area contributed by atoms with Gasteiger partial charge < -0.3 is 16.0 Å². The van der Waals surface area contributed by atoms with Crippen LogP contribution in [0.5, 0.6) is 0 Å². The number of fused-ring (bicyclic) bond motifs is 2.